The summed E-state index contributed by atoms with van der Waals surface area (Å²) in [6.07, 6.45) is 3.96. The van der Waals surface area contributed by atoms with Crippen molar-refractivity contribution in [2.24, 2.45) is 0 Å². The molecule has 2 heteroatoms. The monoisotopic (exact) mass is 251 g/mol. The van der Waals surface area contributed by atoms with Crippen molar-refractivity contribution in [2.45, 2.75) is 6.42 Å². The van der Waals surface area contributed by atoms with E-state index in [0.29, 0.717) is 12.2 Å². The Labute approximate surface area is 113 Å². The Bertz CT molecular complexity index is 554. The maximum absolute atomic E-state index is 11.6. The summed E-state index contributed by atoms with van der Waals surface area (Å²) in [5.41, 5.74) is 2.05. The highest BCUT2D eigenvalue weighted by molar-refractivity contribution is 5.84. The van der Waals surface area contributed by atoms with E-state index in [2.05, 4.69) is 6.92 Å². The number of carbonyl (C=O) groups excluding carboxylic acids is 1. The quantitative estimate of drug-likeness (QED) is 0.471. The molecule has 0 heterocycles. The zero-order valence-electron chi connectivity index (χ0n) is 10.6. The molecule has 95 valence electrons. The second-order valence-electron chi connectivity index (χ2n) is 4.16. The molecule has 0 fully saturated rings. The maximum Gasteiger partial charge on any atom is 0.335 e. The maximum atomic E-state index is 11.6. The highest BCUT2D eigenvalue weighted by Crippen LogP contribution is 2.11. The minimum atomic E-state index is -0.368. The standard InChI is InChI=1S/C17H15O2/c1-14-10-12-16(13-11-14)19-17(18)9-5-8-15-6-3-2-4-7-15/h2-7,9-13H,1,8H2. The Morgan fingerprint density at radius 2 is 1.74 bits per heavy atom. The van der Waals surface area contributed by atoms with Gasteiger partial charge in [0.25, 0.3) is 0 Å². The second-order valence-corrected chi connectivity index (χ2v) is 4.16. The van der Waals surface area contributed by atoms with Crippen LogP contribution in [-0.2, 0) is 11.2 Å². The molecule has 0 bridgehead atoms. The van der Waals surface area contributed by atoms with Crippen LogP contribution in [0.15, 0.2) is 66.7 Å². The van der Waals surface area contributed by atoms with E-state index in [9.17, 15) is 4.79 Å². The number of esters is 1. The third-order valence-corrected chi connectivity index (χ3v) is 2.59. The van der Waals surface area contributed by atoms with Gasteiger partial charge in [-0.15, -0.1) is 0 Å². The van der Waals surface area contributed by atoms with Crippen LogP contribution in [0.1, 0.15) is 11.1 Å². The van der Waals surface area contributed by atoms with Gasteiger partial charge in [0.15, 0.2) is 0 Å². The van der Waals surface area contributed by atoms with Crippen molar-refractivity contribution < 1.29 is 9.53 Å². The average molecular weight is 251 g/mol. The van der Waals surface area contributed by atoms with E-state index in [-0.39, 0.29) is 5.97 Å². The van der Waals surface area contributed by atoms with Gasteiger partial charge in [-0.05, 0) is 36.6 Å². The van der Waals surface area contributed by atoms with Crippen molar-refractivity contribution >= 4 is 5.97 Å². The van der Waals surface area contributed by atoms with Gasteiger partial charge in [0, 0.05) is 6.08 Å². The number of ether oxygens (including phenoxy) is 1. The normalized spacial score (nSPS) is 10.6. The molecule has 0 aromatic heterocycles. The van der Waals surface area contributed by atoms with Crippen molar-refractivity contribution in [1.29, 1.82) is 0 Å². The predicted octanol–water partition coefficient (Wildman–Crippen LogP) is 3.57. The summed E-state index contributed by atoms with van der Waals surface area (Å²) in [4.78, 5) is 11.6. The van der Waals surface area contributed by atoms with Crippen LogP contribution in [0.4, 0.5) is 0 Å². The van der Waals surface area contributed by atoms with E-state index in [1.54, 1.807) is 30.3 Å². The van der Waals surface area contributed by atoms with E-state index < -0.39 is 0 Å². The van der Waals surface area contributed by atoms with Gasteiger partial charge in [0.2, 0.25) is 0 Å². The molecular formula is C17H15O2. The second kappa shape index (κ2) is 6.55. The molecule has 0 aliphatic rings. The predicted molar refractivity (Wildman–Crippen MR) is 75.8 cm³/mol. The van der Waals surface area contributed by atoms with Crippen LogP contribution in [0.2, 0.25) is 0 Å². The molecule has 0 aliphatic heterocycles. The molecule has 0 atom stereocenters. The zero-order chi connectivity index (χ0) is 13.5. The fourth-order valence-corrected chi connectivity index (χ4v) is 1.61. The van der Waals surface area contributed by atoms with Gasteiger partial charge in [0.1, 0.15) is 5.75 Å². The van der Waals surface area contributed by atoms with E-state index >= 15 is 0 Å². The fraction of sp³-hybridized carbons (Fsp3) is 0.0588. The van der Waals surface area contributed by atoms with Crippen LogP contribution in [-0.4, -0.2) is 5.97 Å². The molecule has 2 nitrogen and oxygen atoms in total. The van der Waals surface area contributed by atoms with Crippen LogP contribution in [0.5, 0.6) is 5.75 Å². The third-order valence-electron chi connectivity index (χ3n) is 2.59. The van der Waals surface area contributed by atoms with Crippen LogP contribution >= 0.6 is 0 Å². The number of rotatable bonds is 4. The van der Waals surface area contributed by atoms with Crippen LogP contribution < -0.4 is 4.74 Å². The Morgan fingerprint density at radius 1 is 1.05 bits per heavy atom. The van der Waals surface area contributed by atoms with Crippen LogP contribution in [0.3, 0.4) is 0 Å². The molecule has 0 N–H and O–H groups in total. The smallest absolute Gasteiger partial charge is 0.335 e. The molecule has 0 saturated carbocycles. The van der Waals surface area contributed by atoms with Gasteiger partial charge >= 0.3 is 5.97 Å². The Hall–Kier alpha value is -2.35. The van der Waals surface area contributed by atoms with E-state index in [4.69, 9.17) is 4.74 Å². The first-order valence-electron chi connectivity index (χ1n) is 6.08. The summed E-state index contributed by atoms with van der Waals surface area (Å²) >= 11 is 0. The van der Waals surface area contributed by atoms with E-state index in [1.165, 1.54) is 6.08 Å². The number of hydrogen-bond acceptors (Lipinski definition) is 2. The summed E-state index contributed by atoms with van der Waals surface area (Å²) < 4.78 is 5.15. The first-order valence-corrected chi connectivity index (χ1v) is 6.08. The highest BCUT2D eigenvalue weighted by Gasteiger charge is 1.99. The lowest BCUT2D eigenvalue weighted by atomic mass is 10.1. The molecule has 2 aromatic carbocycles. The minimum absolute atomic E-state index is 0.368. The first kappa shape index (κ1) is 13.1. The lowest BCUT2D eigenvalue weighted by Gasteiger charge is -2.01. The molecule has 0 amide bonds. The summed E-state index contributed by atoms with van der Waals surface area (Å²) in [6, 6.07) is 17.0. The average Bonchev–Trinajstić information content (AvgIpc) is 2.43. The van der Waals surface area contributed by atoms with Crippen molar-refractivity contribution in [1.82, 2.24) is 0 Å². The summed E-state index contributed by atoms with van der Waals surface area (Å²) in [6.45, 7) is 3.77. The lowest BCUT2D eigenvalue weighted by molar-refractivity contribution is -0.129. The molecule has 0 saturated heterocycles. The molecule has 0 spiro atoms. The molecule has 2 aromatic rings. The molecule has 0 aliphatic carbocycles. The van der Waals surface area contributed by atoms with Crippen molar-refractivity contribution in [3.8, 4) is 5.75 Å². The summed E-state index contributed by atoms with van der Waals surface area (Å²) in [7, 11) is 0. The van der Waals surface area contributed by atoms with Gasteiger partial charge < -0.3 is 4.74 Å². The highest BCUT2D eigenvalue weighted by atomic mass is 16.5. The van der Waals surface area contributed by atoms with Gasteiger partial charge in [0.05, 0.1) is 0 Å². The Kier molecular flexibility index (Phi) is 4.51. The Balaban J connectivity index is 1.86. The molecule has 1 radical (unpaired) electrons. The number of allylic oxidation sites excluding steroid dienone is 1. The minimum Gasteiger partial charge on any atom is -0.423 e. The molecule has 2 rings (SSSR count). The SMILES string of the molecule is [CH2]c1ccc(OC(=O)C=CCc2ccccc2)cc1. The zero-order valence-corrected chi connectivity index (χ0v) is 10.6. The number of hydrogen-bond donors (Lipinski definition) is 0. The number of carbonyl (C=O) groups is 1. The van der Waals surface area contributed by atoms with E-state index in [0.717, 1.165) is 11.1 Å². The van der Waals surface area contributed by atoms with Gasteiger partial charge in [-0.1, -0.05) is 48.5 Å². The largest absolute Gasteiger partial charge is 0.423 e. The van der Waals surface area contributed by atoms with E-state index in [1.807, 2.05) is 30.3 Å². The Morgan fingerprint density at radius 3 is 2.42 bits per heavy atom. The first-order chi connectivity index (χ1) is 9.24. The van der Waals surface area contributed by atoms with Gasteiger partial charge in [-0.2, -0.15) is 0 Å². The summed E-state index contributed by atoms with van der Waals surface area (Å²) in [5, 5.41) is 0. The van der Waals surface area contributed by atoms with Crippen LogP contribution in [0, 0.1) is 6.92 Å². The molecule has 0 unspecified atom stereocenters. The molecular weight excluding hydrogens is 236 g/mol. The van der Waals surface area contributed by atoms with Crippen LogP contribution in [0.25, 0.3) is 0 Å². The topological polar surface area (TPSA) is 26.3 Å². The van der Waals surface area contributed by atoms with Gasteiger partial charge in [-0.25, -0.2) is 4.79 Å². The summed E-state index contributed by atoms with van der Waals surface area (Å²) in [5.74, 6) is 0.162. The fourth-order valence-electron chi connectivity index (χ4n) is 1.61. The third kappa shape index (κ3) is 4.43. The van der Waals surface area contributed by atoms with Crippen molar-refractivity contribution in [3.63, 3.8) is 0 Å². The number of benzene rings is 2. The van der Waals surface area contributed by atoms with Gasteiger partial charge in [-0.3, -0.25) is 0 Å². The lowest BCUT2D eigenvalue weighted by Crippen LogP contribution is -2.03. The van der Waals surface area contributed by atoms with Crippen molar-refractivity contribution in [2.75, 3.05) is 0 Å². The molecule has 19 heavy (non-hydrogen) atoms. The van der Waals surface area contributed by atoms with Crippen molar-refractivity contribution in [3.05, 3.63) is 84.8 Å².